The summed E-state index contributed by atoms with van der Waals surface area (Å²) in [6.07, 6.45) is 5.99. The van der Waals surface area contributed by atoms with Crippen molar-refractivity contribution in [2.45, 2.75) is 109 Å². The largest absolute Gasteiger partial charge is 0.356 e. The van der Waals surface area contributed by atoms with Crippen LogP contribution in [0.2, 0.25) is 0 Å². The molecule has 4 aliphatic rings. The summed E-state index contributed by atoms with van der Waals surface area (Å²) in [6, 6.07) is 6.74. The fourth-order valence-corrected chi connectivity index (χ4v) is 6.80. The second-order valence-corrected chi connectivity index (χ2v) is 14.3. The molecule has 0 bridgehead atoms. The highest BCUT2D eigenvalue weighted by molar-refractivity contribution is 6.38. The first kappa shape index (κ1) is 32.6. The van der Waals surface area contributed by atoms with Crippen LogP contribution in [0.4, 0.5) is 0 Å². The molecule has 2 aliphatic heterocycles. The molecule has 0 aromatic heterocycles. The molecule has 11 nitrogen and oxygen atoms in total. The fraction of sp³-hybridized carbons (Fsp3) is 0.647. The van der Waals surface area contributed by atoms with Crippen LogP contribution in [0, 0.1) is 17.3 Å². The number of hydrogen-bond acceptors (Lipinski definition) is 6. The van der Waals surface area contributed by atoms with Crippen LogP contribution in [0.5, 0.6) is 0 Å². The van der Waals surface area contributed by atoms with E-state index in [-0.39, 0.29) is 48.6 Å². The van der Waals surface area contributed by atoms with E-state index in [0.29, 0.717) is 19.4 Å². The number of nitrogens with one attached hydrogen (secondary N) is 4. The molecule has 1 aromatic rings. The SMILES string of the molecule is CC(C)(C)C(=O)NC(C(=O)N1CC(c2ccccc2)CC1C(=O)NC(CC1CCNC1=O)C(=O)C(=O)NC1CC1)C1CCCC1. The minimum atomic E-state index is -1.20. The summed E-state index contributed by atoms with van der Waals surface area (Å²) >= 11 is 0. The van der Waals surface area contributed by atoms with Crippen molar-refractivity contribution in [1.82, 2.24) is 26.2 Å². The highest BCUT2D eigenvalue weighted by atomic mass is 16.2. The van der Waals surface area contributed by atoms with Gasteiger partial charge in [0.25, 0.3) is 5.91 Å². The Balaban J connectivity index is 1.41. The van der Waals surface area contributed by atoms with E-state index in [1.165, 1.54) is 0 Å². The third-order valence-corrected chi connectivity index (χ3v) is 9.72. The van der Waals surface area contributed by atoms with Crippen molar-refractivity contribution in [1.29, 1.82) is 0 Å². The van der Waals surface area contributed by atoms with Crippen LogP contribution in [-0.4, -0.2) is 77.5 Å². The Labute approximate surface area is 265 Å². The van der Waals surface area contributed by atoms with E-state index in [2.05, 4.69) is 21.3 Å². The van der Waals surface area contributed by atoms with Gasteiger partial charge in [0, 0.05) is 36.4 Å². The minimum absolute atomic E-state index is 0.00358. The fourth-order valence-electron chi connectivity index (χ4n) is 6.80. The Morgan fingerprint density at radius 3 is 2.24 bits per heavy atom. The maximum absolute atomic E-state index is 14.4. The summed E-state index contributed by atoms with van der Waals surface area (Å²) < 4.78 is 0. The highest BCUT2D eigenvalue weighted by Gasteiger charge is 2.46. The molecule has 2 heterocycles. The van der Waals surface area contributed by atoms with Gasteiger partial charge in [-0.2, -0.15) is 0 Å². The van der Waals surface area contributed by atoms with Crippen molar-refractivity contribution in [2.24, 2.45) is 17.3 Å². The molecule has 45 heavy (non-hydrogen) atoms. The lowest BCUT2D eigenvalue weighted by Gasteiger charge is -2.33. The van der Waals surface area contributed by atoms with Crippen molar-refractivity contribution in [3.05, 3.63) is 35.9 Å². The highest BCUT2D eigenvalue weighted by Crippen LogP contribution is 2.35. The number of Topliss-reactive ketones (excluding diaryl/α,β-unsaturated/α-hetero) is 1. The minimum Gasteiger partial charge on any atom is -0.356 e. The van der Waals surface area contributed by atoms with E-state index in [0.717, 1.165) is 44.1 Å². The van der Waals surface area contributed by atoms with Crippen molar-refractivity contribution >= 4 is 35.3 Å². The van der Waals surface area contributed by atoms with Gasteiger partial charge in [-0.3, -0.25) is 28.8 Å². The van der Waals surface area contributed by atoms with Crippen molar-refractivity contribution < 1.29 is 28.8 Å². The van der Waals surface area contributed by atoms with Gasteiger partial charge >= 0.3 is 0 Å². The second kappa shape index (κ2) is 13.7. The number of amides is 5. The molecule has 4 N–H and O–H groups in total. The van der Waals surface area contributed by atoms with Gasteiger partial charge in [0.1, 0.15) is 12.1 Å². The van der Waals surface area contributed by atoms with Gasteiger partial charge in [0.2, 0.25) is 29.4 Å². The zero-order valence-corrected chi connectivity index (χ0v) is 26.6. The number of nitrogens with zero attached hydrogens (tertiary/aromatic N) is 1. The van der Waals surface area contributed by atoms with Gasteiger partial charge in [-0.05, 0) is 56.4 Å². The van der Waals surface area contributed by atoms with Gasteiger partial charge < -0.3 is 26.2 Å². The summed E-state index contributed by atoms with van der Waals surface area (Å²) in [7, 11) is 0. The van der Waals surface area contributed by atoms with E-state index in [4.69, 9.17) is 0 Å². The van der Waals surface area contributed by atoms with Crippen LogP contribution in [0.15, 0.2) is 30.3 Å². The molecule has 2 saturated heterocycles. The second-order valence-electron chi connectivity index (χ2n) is 14.3. The number of carbonyl (C=O) groups excluding carboxylic acids is 6. The number of benzene rings is 1. The predicted molar refractivity (Wildman–Crippen MR) is 166 cm³/mol. The van der Waals surface area contributed by atoms with Crippen molar-refractivity contribution in [3.63, 3.8) is 0 Å². The molecule has 2 aliphatic carbocycles. The van der Waals surface area contributed by atoms with Crippen molar-refractivity contribution in [3.8, 4) is 0 Å². The van der Waals surface area contributed by atoms with Crippen LogP contribution in [-0.2, 0) is 28.8 Å². The molecule has 0 spiro atoms. The molecule has 1 aromatic carbocycles. The molecule has 5 atom stereocenters. The quantitative estimate of drug-likeness (QED) is 0.277. The number of carbonyl (C=O) groups is 6. The van der Waals surface area contributed by atoms with E-state index in [1.807, 2.05) is 30.3 Å². The van der Waals surface area contributed by atoms with Crippen LogP contribution in [0.1, 0.15) is 90.0 Å². The lowest BCUT2D eigenvalue weighted by Crippen LogP contribution is -2.58. The number of ketones is 1. The van der Waals surface area contributed by atoms with Crippen molar-refractivity contribution in [2.75, 3.05) is 13.1 Å². The van der Waals surface area contributed by atoms with Gasteiger partial charge in [-0.15, -0.1) is 0 Å². The average molecular weight is 622 g/mol. The summed E-state index contributed by atoms with van der Waals surface area (Å²) in [5.74, 6) is -3.51. The summed E-state index contributed by atoms with van der Waals surface area (Å²) in [5.41, 5.74) is 0.285. The maximum atomic E-state index is 14.4. The Morgan fingerprint density at radius 2 is 1.64 bits per heavy atom. The Kier molecular flexibility index (Phi) is 9.94. The topological polar surface area (TPSA) is 154 Å². The molecular weight excluding hydrogens is 574 g/mol. The molecule has 244 valence electrons. The first-order valence-corrected chi connectivity index (χ1v) is 16.5. The van der Waals surface area contributed by atoms with E-state index in [1.54, 1.807) is 25.7 Å². The Morgan fingerprint density at radius 1 is 0.956 bits per heavy atom. The van der Waals surface area contributed by atoms with E-state index in [9.17, 15) is 28.8 Å². The van der Waals surface area contributed by atoms with Crippen LogP contribution < -0.4 is 21.3 Å². The van der Waals surface area contributed by atoms with E-state index < -0.39 is 47.1 Å². The van der Waals surface area contributed by atoms with Gasteiger partial charge in [0.05, 0.1) is 6.04 Å². The molecule has 5 rings (SSSR count). The maximum Gasteiger partial charge on any atom is 0.289 e. The smallest absolute Gasteiger partial charge is 0.289 e. The molecular formula is C34H47N5O6. The number of hydrogen-bond donors (Lipinski definition) is 4. The number of rotatable bonds is 11. The average Bonchev–Trinajstić information content (AvgIpc) is 3.37. The Bertz CT molecular complexity index is 1300. The van der Waals surface area contributed by atoms with Crippen LogP contribution in [0.25, 0.3) is 0 Å². The van der Waals surface area contributed by atoms with Crippen LogP contribution >= 0.6 is 0 Å². The van der Waals surface area contributed by atoms with Crippen LogP contribution in [0.3, 0.4) is 0 Å². The summed E-state index contributed by atoms with van der Waals surface area (Å²) in [6.45, 7) is 6.16. The molecule has 11 heteroatoms. The molecule has 0 radical (unpaired) electrons. The molecule has 5 amide bonds. The third kappa shape index (κ3) is 7.91. The van der Waals surface area contributed by atoms with Gasteiger partial charge in [-0.1, -0.05) is 63.9 Å². The summed E-state index contributed by atoms with van der Waals surface area (Å²) in [5, 5.41) is 11.3. The lowest BCUT2D eigenvalue weighted by atomic mass is 9.91. The Hall–Kier alpha value is -3.76. The molecule has 2 saturated carbocycles. The summed E-state index contributed by atoms with van der Waals surface area (Å²) in [4.78, 5) is 81.8. The lowest BCUT2D eigenvalue weighted by molar-refractivity contribution is -0.145. The molecule has 4 fully saturated rings. The number of likely N-dealkylation sites (tertiary alicyclic amines) is 1. The normalized spacial score (nSPS) is 24.9. The van der Waals surface area contributed by atoms with Gasteiger partial charge in [-0.25, -0.2) is 0 Å². The first-order chi connectivity index (χ1) is 21.4. The standard InChI is InChI=1S/C34H47N5O6/c1-34(2,3)33(45)38-27(21-11-7-8-12-21)32(44)39-19-23(20-9-5-4-6-10-20)18-26(39)30(42)37-25(17-22-15-16-35-29(22)41)28(40)31(43)36-24-13-14-24/h4-6,9-10,21-27H,7-8,11-19H2,1-3H3,(H,35,41)(H,36,43)(H,37,42)(H,38,45). The monoisotopic (exact) mass is 621 g/mol. The zero-order chi connectivity index (χ0) is 32.3. The van der Waals surface area contributed by atoms with Gasteiger partial charge in [0.15, 0.2) is 0 Å². The zero-order valence-electron chi connectivity index (χ0n) is 26.6. The first-order valence-electron chi connectivity index (χ1n) is 16.5. The predicted octanol–water partition coefficient (Wildman–Crippen LogP) is 1.95. The molecule has 5 unspecified atom stereocenters. The van der Waals surface area contributed by atoms with E-state index >= 15 is 0 Å². The third-order valence-electron chi connectivity index (χ3n) is 9.72.